The summed E-state index contributed by atoms with van der Waals surface area (Å²) in [6.07, 6.45) is 0. The van der Waals surface area contributed by atoms with Crippen LogP contribution in [0.2, 0.25) is 0 Å². The molecule has 0 aliphatic carbocycles. The van der Waals surface area contributed by atoms with Gasteiger partial charge in [-0.2, -0.15) is 0 Å². The van der Waals surface area contributed by atoms with Crippen LogP contribution in [0.1, 0.15) is 11.1 Å². The molecule has 0 radical (unpaired) electrons. The molecule has 0 bridgehead atoms. The van der Waals surface area contributed by atoms with Crippen LogP contribution in [0.5, 0.6) is 0 Å². The summed E-state index contributed by atoms with van der Waals surface area (Å²) in [4.78, 5) is 0.0858. The highest BCUT2D eigenvalue weighted by Gasteiger charge is 2.21. The van der Waals surface area contributed by atoms with Crippen molar-refractivity contribution in [2.45, 2.75) is 4.90 Å². The molecule has 0 aliphatic heterocycles. The highest BCUT2D eigenvalue weighted by atomic mass is 32.2. The summed E-state index contributed by atoms with van der Waals surface area (Å²) in [6, 6.07) is 24.3. The zero-order chi connectivity index (χ0) is 17.0. The van der Waals surface area contributed by atoms with Crippen molar-refractivity contribution in [2.75, 3.05) is 4.72 Å². The number of hydrogen-bond acceptors (Lipinski definition) is 3. The van der Waals surface area contributed by atoms with Gasteiger partial charge >= 0.3 is 0 Å². The summed E-state index contributed by atoms with van der Waals surface area (Å²) in [5.41, 5.74) is 1.69. The molecule has 0 fully saturated rings. The van der Waals surface area contributed by atoms with E-state index in [0.29, 0.717) is 16.8 Å². The van der Waals surface area contributed by atoms with Gasteiger partial charge in [-0.3, -0.25) is 10.1 Å². The fourth-order valence-electron chi connectivity index (χ4n) is 2.38. The van der Waals surface area contributed by atoms with Crippen molar-refractivity contribution in [3.8, 4) is 0 Å². The van der Waals surface area contributed by atoms with Gasteiger partial charge in [-0.1, -0.05) is 66.7 Å². The van der Waals surface area contributed by atoms with Gasteiger partial charge in [0.25, 0.3) is 10.0 Å². The van der Waals surface area contributed by atoms with Gasteiger partial charge in [0.2, 0.25) is 0 Å². The molecule has 2 N–H and O–H groups in total. The minimum Gasteiger partial charge on any atom is -0.300 e. The third kappa shape index (κ3) is 3.36. The van der Waals surface area contributed by atoms with E-state index in [1.165, 1.54) is 6.07 Å². The van der Waals surface area contributed by atoms with E-state index < -0.39 is 10.0 Å². The van der Waals surface area contributed by atoms with E-state index in [4.69, 9.17) is 5.41 Å². The van der Waals surface area contributed by atoms with Crippen molar-refractivity contribution in [1.29, 1.82) is 5.41 Å². The fraction of sp³-hybridized carbons (Fsp3) is 0. The highest BCUT2D eigenvalue weighted by Crippen LogP contribution is 2.22. The first-order valence-electron chi connectivity index (χ1n) is 7.39. The summed E-state index contributed by atoms with van der Waals surface area (Å²) in [5.74, 6) is 0. The first kappa shape index (κ1) is 16.0. The van der Waals surface area contributed by atoms with E-state index in [1.807, 2.05) is 24.3 Å². The van der Waals surface area contributed by atoms with Crippen molar-refractivity contribution in [3.05, 3.63) is 96.1 Å². The van der Waals surface area contributed by atoms with Crippen LogP contribution in [0.3, 0.4) is 0 Å². The molecule has 4 nitrogen and oxygen atoms in total. The molecule has 0 saturated heterocycles. The Bertz CT molecular complexity index is 953. The molecule has 0 aromatic heterocycles. The van der Waals surface area contributed by atoms with Gasteiger partial charge < -0.3 is 0 Å². The second-order valence-corrected chi connectivity index (χ2v) is 6.86. The van der Waals surface area contributed by atoms with Crippen LogP contribution in [0.4, 0.5) is 5.69 Å². The van der Waals surface area contributed by atoms with E-state index in [-0.39, 0.29) is 10.6 Å². The zero-order valence-corrected chi connectivity index (χ0v) is 13.6. The van der Waals surface area contributed by atoms with Crippen molar-refractivity contribution < 1.29 is 8.42 Å². The lowest BCUT2D eigenvalue weighted by molar-refractivity contribution is 0.601. The van der Waals surface area contributed by atoms with Crippen molar-refractivity contribution in [1.82, 2.24) is 0 Å². The van der Waals surface area contributed by atoms with Crippen LogP contribution < -0.4 is 4.72 Å². The van der Waals surface area contributed by atoms with Gasteiger partial charge in [0.1, 0.15) is 0 Å². The van der Waals surface area contributed by atoms with Gasteiger partial charge in [-0.15, -0.1) is 0 Å². The molecule has 3 aromatic rings. The van der Waals surface area contributed by atoms with Gasteiger partial charge in [0, 0.05) is 16.8 Å². The minimum atomic E-state index is -3.79. The normalized spacial score (nSPS) is 11.0. The van der Waals surface area contributed by atoms with Crippen LogP contribution in [0.15, 0.2) is 89.8 Å². The minimum absolute atomic E-state index is 0.0858. The lowest BCUT2D eigenvalue weighted by Gasteiger charge is -2.13. The van der Waals surface area contributed by atoms with Crippen LogP contribution in [-0.4, -0.2) is 14.1 Å². The molecule has 5 heteroatoms. The van der Waals surface area contributed by atoms with Gasteiger partial charge in [0.15, 0.2) is 0 Å². The number of rotatable bonds is 5. The Kier molecular flexibility index (Phi) is 4.44. The molecule has 0 spiro atoms. The molecular formula is C19H16N2O2S. The summed E-state index contributed by atoms with van der Waals surface area (Å²) in [6.45, 7) is 0. The van der Waals surface area contributed by atoms with E-state index in [9.17, 15) is 8.42 Å². The second kappa shape index (κ2) is 6.68. The van der Waals surface area contributed by atoms with Crippen molar-refractivity contribution in [3.63, 3.8) is 0 Å². The number of anilines is 1. The van der Waals surface area contributed by atoms with E-state index in [1.54, 1.807) is 54.6 Å². The first-order valence-corrected chi connectivity index (χ1v) is 8.87. The van der Waals surface area contributed by atoms with Crippen LogP contribution in [0, 0.1) is 5.41 Å². The monoisotopic (exact) mass is 336 g/mol. The van der Waals surface area contributed by atoms with Gasteiger partial charge in [-0.05, 0) is 18.2 Å². The largest absolute Gasteiger partial charge is 0.300 e. The van der Waals surface area contributed by atoms with Crippen LogP contribution in [-0.2, 0) is 10.0 Å². The first-order chi connectivity index (χ1) is 11.6. The second-order valence-electron chi connectivity index (χ2n) is 5.21. The quantitative estimate of drug-likeness (QED) is 0.694. The predicted molar refractivity (Wildman–Crippen MR) is 96.1 cm³/mol. The summed E-state index contributed by atoms with van der Waals surface area (Å²) in [7, 11) is -3.79. The van der Waals surface area contributed by atoms with Crippen molar-refractivity contribution >= 4 is 21.4 Å². The molecule has 0 unspecified atom stereocenters. The molecule has 0 aliphatic rings. The Morgan fingerprint density at radius 3 is 1.96 bits per heavy atom. The van der Waals surface area contributed by atoms with Gasteiger partial charge in [0.05, 0.1) is 10.6 Å². The molecular weight excluding hydrogens is 320 g/mol. The Morgan fingerprint density at radius 2 is 1.29 bits per heavy atom. The Hall–Kier alpha value is -2.92. The topological polar surface area (TPSA) is 70.0 Å². The lowest BCUT2D eigenvalue weighted by Crippen LogP contribution is -2.17. The molecule has 24 heavy (non-hydrogen) atoms. The predicted octanol–water partition coefficient (Wildman–Crippen LogP) is 3.90. The van der Waals surface area contributed by atoms with E-state index in [2.05, 4.69) is 4.72 Å². The number of nitrogens with one attached hydrogen (secondary N) is 2. The smallest absolute Gasteiger partial charge is 0.262 e. The number of para-hydroxylation sites is 1. The third-order valence-corrected chi connectivity index (χ3v) is 4.97. The van der Waals surface area contributed by atoms with Crippen molar-refractivity contribution in [2.24, 2.45) is 0 Å². The number of sulfonamides is 1. The molecule has 3 rings (SSSR count). The van der Waals surface area contributed by atoms with Gasteiger partial charge in [-0.25, -0.2) is 8.42 Å². The number of benzene rings is 3. The zero-order valence-electron chi connectivity index (χ0n) is 12.8. The molecule has 0 heterocycles. The Morgan fingerprint density at radius 1 is 0.750 bits per heavy atom. The summed E-state index contributed by atoms with van der Waals surface area (Å²) in [5, 5.41) is 8.38. The van der Waals surface area contributed by atoms with E-state index >= 15 is 0 Å². The third-order valence-electron chi connectivity index (χ3n) is 3.53. The lowest BCUT2D eigenvalue weighted by atomic mass is 10.0. The van der Waals surface area contributed by atoms with Crippen LogP contribution in [0.25, 0.3) is 0 Å². The van der Waals surface area contributed by atoms with Crippen LogP contribution >= 0.6 is 0 Å². The number of hydrogen-bond donors (Lipinski definition) is 2. The molecule has 3 aromatic carbocycles. The molecule has 0 amide bonds. The standard InChI is InChI=1S/C19H16N2O2S/c20-19(15-9-3-1-4-10-15)17-13-7-8-14-18(17)24(22,23)21-16-11-5-2-6-12-16/h1-14,20-21H. The Labute approximate surface area is 141 Å². The maximum Gasteiger partial charge on any atom is 0.262 e. The summed E-state index contributed by atoms with van der Waals surface area (Å²) >= 11 is 0. The SMILES string of the molecule is N=C(c1ccccc1)c1ccccc1S(=O)(=O)Nc1ccccc1. The highest BCUT2D eigenvalue weighted by molar-refractivity contribution is 7.92. The van der Waals surface area contributed by atoms with E-state index in [0.717, 1.165) is 0 Å². The molecule has 0 saturated carbocycles. The summed E-state index contributed by atoms with van der Waals surface area (Å²) < 4.78 is 28.1. The fourth-order valence-corrected chi connectivity index (χ4v) is 3.66. The average Bonchev–Trinajstić information content (AvgIpc) is 2.62. The average molecular weight is 336 g/mol. The maximum atomic E-state index is 12.8. The molecule has 120 valence electrons. The molecule has 0 atom stereocenters. The Balaban J connectivity index is 2.02. The maximum absolute atomic E-state index is 12.8.